The minimum atomic E-state index is -0.950. The van der Waals surface area contributed by atoms with Crippen LogP contribution in [0.2, 0.25) is 5.02 Å². The fourth-order valence-electron chi connectivity index (χ4n) is 2.40. The molecule has 0 radical (unpaired) electrons. The Hall–Kier alpha value is -2.33. The monoisotopic (exact) mass is 300 g/mol. The molecule has 0 aliphatic rings. The van der Waals surface area contributed by atoms with Crippen LogP contribution in [0.3, 0.4) is 0 Å². The van der Waals surface area contributed by atoms with Crippen LogP contribution in [0.4, 0.5) is 0 Å². The highest BCUT2D eigenvalue weighted by Gasteiger charge is 2.13. The molecule has 3 aromatic rings. The van der Waals surface area contributed by atoms with E-state index in [1.165, 1.54) is 0 Å². The van der Waals surface area contributed by atoms with E-state index in [4.69, 9.17) is 16.7 Å². The van der Waals surface area contributed by atoms with Crippen molar-refractivity contribution in [2.75, 3.05) is 0 Å². The minimum Gasteiger partial charge on any atom is -0.478 e. The van der Waals surface area contributed by atoms with Crippen LogP contribution in [-0.4, -0.2) is 20.6 Å². The molecule has 0 atom stereocenters. The van der Waals surface area contributed by atoms with Gasteiger partial charge in [0.25, 0.3) is 0 Å². The molecule has 0 fully saturated rings. The van der Waals surface area contributed by atoms with Crippen LogP contribution in [0.1, 0.15) is 23.1 Å². The lowest BCUT2D eigenvalue weighted by Crippen LogP contribution is -2.01. The number of rotatable bonds is 3. The van der Waals surface area contributed by atoms with Gasteiger partial charge in [0, 0.05) is 17.1 Å². The van der Waals surface area contributed by atoms with Gasteiger partial charge in [0.2, 0.25) is 0 Å². The van der Waals surface area contributed by atoms with E-state index in [-0.39, 0.29) is 5.56 Å². The number of halogens is 1. The van der Waals surface area contributed by atoms with Crippen LogP contribution < -0.4 is 0 Å². The summed E-state index contributed by atoms with van der Waals surface area (Å²) in [5.74, 6) is -0.0800. The first-order valence-corrected chi connectivity index (χ1v) is 6.98. The zero-order chi connectivity index (χ0) is 15.0. The van der Waals surface area contributed by atoms with Crippen molar-refractivity contribution >= 4 is 28.6 Å². The summed E-state index contributed by atoms with van der Waals surface area (Å²) in [6.45, 7) is 2.01. The van der Waals surface area contributed by atoms with E-state index in [1.807, 2.05) is 29.7 Å². The van der Waals surface area contributed by atoms with Crippen molar-refractivity contribution in [2.24, 2.45) is 0 Å². The molecule has 1 N–H and O–H groups in total. The van der Waals surface area contributed by atoms with Crippen LogP contribution in [0.5, 0.6) is 0 Å². The maximum atomic E-state index is 11.2. The van der Waals surface area contributed by atoms with Crippen molar-refractivity contribution in [1.29, 1.82) is 0 Å². The third-order valence-corrected chi connectivity index (χ3v) is 3.59. The third kappa shape index (κ3) is 2.38. The van der Waals surface area contributed by atoms with E-state index in [2.05, 4.69) is 4.98 Å². The molecule has 106 valence electrons. The van der Waals surface area contributed by atoms with Crippen LogP contribution in [0, 0.1) is 0 Å². The Morgan fingerprint density at radius 2 is 2.10 bits per heavy atom. The standard InChI is InChI=1S/C16H13ClN2O2/c1-2-15-18-13-7-6-10(16(20)21)8-14(13)19(15)12-5-3-4-11(17)9-12/h3-9H,2H2,1H3,(H,20,21). The summed E-state index contributed by atoms with van der Waals surface area (Å²) in [5, 5.41) is 9.79. The Balaban J connectivity index is 2.32. The van der Waals surface area contributed by atoms with Gasteiger partial charge in [-0.3, -0.25) is 4.57 Å². The van der Waals surface area contributed by atoms with Crippen LogP contribution in [0.15, 0.2) is 42.5 Å². The summed E-state index contributed by atoms with van der Waals surface area (Å²) in [4.78, 5) is 15.7. The molecule has 0 spiro atoms. The molecule has 21 heavy (non-hydrogen) atoms. The number of benzene rings is 2. The number of aromatic nitrogens is 2. The van der Waals surface area contributed by atoms with Crippen molar-refractivity contribution in [1.82, 2.24) is 9.55 Å². The van der Waals surface area contributed by atoms with Gasteiger partial charge in [0.15, 0.2) is 0 Å². The molecule has 0 unspecified atom stereocenters. The van der Waals surface area contributed by atoms with Crippen LogP contribution in [-0.2, 0) is 6.42 Å². The molecule has 0 aliphatic heterocycles. The molecule has 2 aromatic carbocycles. The molecule has 1 heterocycles. The Kier molecular flexibility index (Phi) is 3.39. The van der Waals surface area contributed by atoms with E-state index in [0.29, 0.717) is 5.02 Å². The van der Waals surface area contributed by atoms with Gasteiger partial charge in [-0.05, 0) is 36.4 Å². The topological polar surface area (TPSA) is 55.1 Å². The number of fused-ring (bicyclic) bond motifs is 1. The lowest BCUT2D eigenvalue weighted by atomic mass is 10.2. The van der Waals surface area contributed by atoms with Crippen molar-refractivity contribution in [3.63, 3.8) is 0 Å². The fourth-order valence-corrected chi connectivity index (χ4v) is 2.58. The van der Waals surface area contributed by atoms with Crippen molar-refractivity contribution in [2.45, 2.75) is 13.3 Å². The zero-order valence-electron chi connectivity index (χ0n) is 11.4. The van der Waals surface area contributed by atoms with Crippen molar-refractivity contribution in [3.05, 3.63) is 58.9 Å². The average molecular weight is 301 g/mol. The molecule has 0 aliphatic carbocycles. The second kappa shape index (κ2) is 5.22. The molecule has 4 nitrogen and oxygen atoms in total. The van der Waals surface area contributed by atoms with Crippen LogP contribution in [0.25, 0.3) is 16.7 Å². The van der Waals surface area contributed by atoms with Gasteiger partial charge >= 0.3 is 5.97 Å². The number of nitrogens with zero attached hydrogens (tertiary/aromatic N) is 2. The van der Waals surface area contributed by atoms with Crippen LogP contribution >= 0.6 is 11.6 Å². The number of carbonyl (C=O) groups is 1. The Bertz CT molecular complexity index is 839. The highest BCUT2D eigenvalue weighted by molar-refractivity contribution is 6.30. The lowest BCUT2D eigenvalue weighted by Gasteiger charge is -2.08. The van der Waals surface area contributed by atoms with Gasteiger partial charge in [-0.15, -0.1) is 0 Å². The predicted octanol–water partition coefficient (Wildman–Crippen LogP) is 3.94. The fraction of sp³-hybridized carbons (Fsp3) is 0.125. The summed E-state index contributed by atoms with van der Waals surface area (Å²) in [7, 11) is 0. The summed E-state index contributed by atoms with van der Waals surface area (Å²) >= 11 is 6.06. The Morgan fingerprint density at radius 3 is 2.76 bits per heavy atom. The van der Waals surface area contributed by atoms with Gasteiger partial charge in [-0.25, -0.2) is 9.78 Å². The Morgan fingerprint density at radius 1 is 1.29 bits per heavy atom. The summed E-state index contributed by atoms with van der Waals surface area (Å²) in [5.41, 5.74) is 2.67. The Labute approximate surface area is 126 Å². The molecular weight excluding hydrogens is 288 g/mol. The van der Waals surface area contributed by atoms with E-state index < -0.39 is 5.97 Å². The zero-order valence-corrected chi connectivity index (χ0v) is 12.1. The number of hydrogen-bond acceptors (Lipinski definition) is 2. The van der Waals surface area contributed by atoms with E-state index in [1.54, 1.807) is 24.3 Å². The SMILES string of the molecule is CCc1nc2ccc(C(=O)O)cc2n1-c1cccc(Cl)c1. The van der Waals surface area contributed by atoms with Gasteiger partial charge in [0.05, 0.1) is 16.6 Å². The third-order valence-electron chi connectivity index (χ3n) is 3.35. The molecule has 0 amide bonds. The van der Waals surface area contributed by atoms with E-state index >= 15 is 0 Å². The van der Waals surface area contributed by atoms with Gasteiger partial charge in [-0.1, -0.05) is 24.6 Å². The van der Waals surface area contributed by atoms with Crippen molar-refractivity contribution in [3.8, 4) is 5.69 Å². The second-order valence-corrected chi connectivity index (χ2v) is 5.14. The number of carboxylic acids is 1. The predicted molar refractivity (Wildman–Crippen MR) is 82.4 cm³/mol. The molecule has 0 bridgehead atoms. The molecule has 0 saturated heterocycles. The molecule has 3 rings (SSSR count). The first-order valence-electron chi connectivity index (χ1n) is 6.60. The quantitative estimate of drug-likeness (QED) is 0.797. The summed E-state index contributed by atoms with van der Waals surface area (Å²) in [6, 6.07) is 12.4. The number of aryl methyl sites for hydroxylation is 1. The molecular formula is C16H13ClN2O2. The van der Waals surface area contributed by atoms with Gasteiger partial charge in [-0.2, -0.15) is 0 Å². The number of aromatic carboxylic acids is 1. The maximum Gasteiger partial charge on any atom is 0.335 e. The number of hydrogen-bond donors (Lipinski definition) is 1. The van der Waals surface area contributed by atoms with E-state index in [9.17, 15) is 4.79 Å². The number of carboxylic acid groups (broad SMARTS) is 1. The first kappa shape index (κ1) is 13.6. The second-order valence-electron chi connectivity index (χ2n) is 4.71. The smallest absolute Gasteiger partial charge is 0.335 e. The lowest BCUT2D eigenvalue weighted by molar-refractivity contribution is 0.0697. The average Bonchev–Trinajstić information content (AvgIpc) is 2.84. The first-order chi connectivity index (χ1) is 10.1. The minimum absolute atomic E-state index is 0.244. The van der Waals surface area contributed by atoms with Crippen molar-refractivity contribution < 1.29 is 9.90 Å². The normalized spacial score (nSPS) is 11.0. The molecule has 1 aromatic heterocycles. The van der Waals surface area contributed by atoms with E-state index in [0.717, 1.165) is 29.0 Å². The summed E-state index contributed by atoms with van der Waals surface area (Å²) in [6.07, 6.45) is 0.740. The maximum absolute atomic E-state index is 11.2. The molecule has 0 saturated carbocycles. The number of imidazole rings is 1. The highest BCUT2D eigenvalue weighted by Crippen LogP contribution is 2.25. The largest absolute Gasteiger partial charge is 0.478 e. The van der Waals surface area contributed by atoms with Gasteiger partial charge < -0.3 is 5.11 Å². The summed E-state index contributed by atoms with van der Waals surface area (Å²) < 4.78 is 1.95. The highest BCUT2D eigenvalue weighted by atomic mass is 35.5. The van der Waals surface area contributed by atoms with Gasteiger partial charge in [0.1, 0.15) is 5.82 Å². The molecule has 5 heteroatoms.